The summed E-state index contributed by atoms with van der Waals surface area (Å²) < 4.78 is 10.8. The van der Waals surface area contributed by atoms with Crippen LogP contribution in [0.3, 0.4) is 0 Å². The number of aromatic nitrogens is 2. The molecule has 1 aromatic heterocycles. The Bertz CT molecular complexity index is 496. The highest BCUT2D eigenvalue weighted by Crippen LogP contribution is 2.22. The maximum atomic E-state index is 5.61. The number of hydrogen-bond acceptors (Lipinski definition) is 5. The van der Waals surface area contributed by atoms with Crippen molar-refractivity contribution < 1.29 is 9.15 Å². The Balaban J connectivity index is 2.08. The van der Waals surface area contributed by atoms with Gasteiger partial charge in [-0.15, -0.1) is 10.2 Å². The molecule has 0 bridgehead atoms. The van der Waals surface area contributed by atoms with Gasteiger partial charge in [-0.3, -0.25) is 0 Å². The molecule has 0 aliphatic heterocycles. The molecule has 96 valence electrons. The van der Waals surface area contributed by atoms with Crippen LogP contribution in [-0.2, 0) is 6.42 Å². The highest BCUT2D eigenvalue weighted by atomic mass is 16.5. The van der Waals surface area contributed by atoms with Gasteiger partial charge in [0.1, 0.15) is 5.75 Å². The summed E-state index contributed by atoms with van der Waals surface area (Å²) in [6.07, 6.45) is 1.77. The number of nitrogens with zero attached hydrogens (tertiary/aromatic N) is 2. The quantitative estimate of drug-likeness (QED) is 0.790. The molecule has 5 heteroatoms. The van der Waals surface area contributed by atoms with Crippen molar-refractivity contribution in [3.05, 3.63) is 30.2 Å². The first-order valence-corrected chi connectivity index (χ1v) is 5.95. The third-order valence-corrected chi connectivity index (χ3v) is 2.60. The number of benzene rings is 1. The molecule has 0 aliphatic carbocycles. The molecule has 0 saturated carbocycles. The fraction of sp³-hybridized carbons (Fsp3) is 0.385. The minimum Gasteiger partial charge on any atom is -0.497 e. The molecule has 0 spiro atoms. The monoisotopic (exact) mass is 247 g/mol. The van der Waals surface area contributed by atoms with Gasteiger partial charge in [-0.1, -0.05) is 6.07 Å². The zero-order valence-corrected chi connectivity index (χ0v) is 10.6. The van der Waals surface area contributed by atoms with Crippen molar-refractivity contribution in [1.29, 1.82) is 0 Å². The van der Waals surface area contributed by atoms with E-state index in [9.17, 15) is 0 Å². The van der Waals surface area contributed by atoms with E-state index in [1.807, 2.05) is 31.3 Å². The highest BCUT2D eigenvalue weighted by molar-refractivity contribution is 5.55. The van der Waals surface area contributed by atoms with E-state index in [0.717, 1.165) is 30.7 Å². The molecule has 0 radical (unpaired) electrons. The fourth-order valence-corrected chi connectivity index (χ4v) is 1.64. The molecule has 0 amide bonds. The van der Waals surface area contributed by atoms with Gasteiger partial charge < -0.3 is 14.5 Å². The molecule has 0 saturated heterocycles. The van der Waals surface area contributed by atoms with Gasteiger partial charge in [-0.2, -0.15) is 0 Å². The molecule has 2 rings (SSSR count). The summed E-state index contributed by atoms with van der Waals surface area (Å²) in [7, 11) is 3.56. The van der Waals surface area contributed by atoms with Gasteiger partial charge in [0.05, 0.1) is 7.11 Å². The second kappa shape index (κ2) is 6.16. The smallest absolute Gasteiger partial charge is 0.247 e. The van der Waals surface area contributed by atoms with Crippen LogP contribution in [0.4, 0.5) is 0 Å². The van der Waals surface area contributed by atoms with Gasteiger partial charge in [0.25, 0.3) is 0 Å². The number of nitrogens with one attached hydrogen (secondary N) is 1. The first-order valence-electron chi connectivity index (χ1n) is 5.95. The van der Waals surface area contributed by atoms with Crippen molar-refractivity contribution in [2.75, 3.05) is 20.7 Å². The molecule has 0 fully saturated rings. The van der Waals surface area contributed by atoms with Gasteiger partial charge in [0.15, 0.2) is 0 Å². The Morgan fingerprint density at radius 2 is 2.22 bits per heavy atom. The van der Waals surface area contributed by atoms with Crippen molar-refractivity contribution >= 4 is 0 Å². The predicted octanol–water partition coefficient (Wildman–Crippen LogP) is 1.90. The van der Waals surface area contributed by atoms with Crippen LogP contribution < -0.4 is 10.1 Å². The lowest BCUT2D eigenvalue weighted by atomic mass is 10.2. The molecule has 18 heavy (non-hydrogen) atoms. The Morgan fingerprint density at radius 3 is 3.00 bits per heavy atom. The first kappa shape index (κ1) is 12.6. The van der Waals surface area contributed by atoms with Crippen molar-refractivity contribution in [3.8, 4) is 17.2 Å². The maximum Gasteiger partial charge on any atom is 0.247 e. The van der Waals surface area contributed by atoms with Crippen molar-refractivity contribution in [1.82, 2.24) is 15.5 Å². The molecule has 1 heterocycles. The van der Waals surface area contributed by atoms with Crippen LogP contribution in [0.1, 0.15) is 12.3 Å². The van der Waals surface area contributed by atoms with Crippen LogP contribution in [0, 0.1) is 0 Å². The van der Waals surface area contributed by atoms with E-state index < -0.39 is 0 Å². The summed E-state index contributed by atoms with van der Waals surface area (Å²) in [5, 5.41) is 11.2. The van der Waals surface area contributed by atoms with E-state index in [1.165, 1.54) is 0 Å². The summed E-state index contributed by atoms with van der Waals surface area (Å²) in [5.74, 6) is 1.99. The normalized spacial score (nSPS) is 10.6. The molecule has 1 aromatic carbocycles. The molecule has 0 unspecified atom stereocenters. The van der Waals surface area contributed by atoms with Gasteiger partial charge in [0, 0.05) is 12.0 Å². The standard InChI is InChI=1S/C13H17N3O2/c1-14-8-4-7-12-15-16-13(18-12)10-5-3-6-11(9-10)17-2/h3,5-6,9,14H,4,7-8H2,1-2H3. The van der Waals surface area contributed by atoms with Crippen LogP contribution in [0.5, 0.6) is 5.75 Å². The van der Waals surface area contributed by atoms with Crippen LogP contribution in [-0.4, -0.2) is 30.9 Å². The summed E-state index contributed by atoms with van der Waals surface area (Å²) in [6.45, 7) is 0.941. The minimum atomic E-state index is 0.536. The largest absolute Gasteiger partial charge is 0.497 e. The molecule has 0 atom stereocenters. The Hall–Kier alpha value is -1.88. The van der Waals surface area contributed by atoms with Gasteiger partial charge >= 0.3 is 0 Å². The Kier molecular flexibility index (Phi) is 4.30. The zero-order valence-electron chi connectivity index (χ0n) is 10.6. The Morgan fingerprint density at radius 1 is 1.33 bits per heavy atom. The van der Waals surface area contributed by atoms with E-state index in [4.69, 9.17) is 9.15 Å². The highest BCUT2D eigenvalue weighted by Gasteiger charge is 2.08. The average molecular weight is 247 g/mol. The van der Waals surface area contributed by atoms with E-state index in [0.29, 0.717) is 11.8 Å². The predicted molar refractivity (Wildman–Crippen MR) is 68.5 cm³/mol. The summed E-state index contributed by atoms with van der Waals surface area (Å²) in [5.41, 5.74) is 0.877. The lowest BCUT2D eigenvalue weighted by Crippen LogP contribution is -2.08. The second-order valence-electron chi connectivity index (χ2n) is 3.94. The molecule has 5 nitrogen and oxygen atoms in total. The van der Waals surface area contributed by atoms with Gasteiger partial charge in [0.2, 0.25) is 11.8 Å². The van der Waals surface area contributed by atoms with Crippen molar-refractivity contribution in [3.63, 3.8) is 0 Å². The zero-order chi connectivity index (χ0) is 12.8. The lowest BCUT2D eigenvalue weighted by molar-refractivity contribution is 0.414. The summed E-state index contributed by atoms with van der Waals surface area (Å²) in [4.78, 5) is 0. The molecule has 2 aromatic rings. The van der Waals surface area contributed by atoms with Crippen LogP contribution in [0.15, 0.2) is 28.7 Å². The molecule has 1 N–H and O–H groups in total. The third-order valence-electron chi connectivity index (χ3n) is 2.60. The van der Waals surface area contributed by atoms with Crippen LogP contribution in [0.2, 0.25) is 0 Å². The first-order chi connectivity index (χ1) is 8.83. The average Bonchev–Trinajstić information content (AvgIpc) is 2.88. The second-order valence-corrected chi connectivity index (χ2v) is 3.94. The van der Waals surface area contributed by atoms with Gasteiger partial charge in [-0.25, -0.2) is 0 Å². The van der Waals surface area contributed by atoms with Crippen molar-refractivity contribution in [2.45, 2.75) is 12.8 Å². The topological polar surface area (TPSA) is 60.2 Å². The number of aryl methyl sites for hydroxylation is 1. The molecular weight excluding hydrogens is 230 g/mol. The van der Waals surface area contributed by atoms with Crippen molar-refractivity contribution in [2.24, 2.45) is 0 Å². The van der Waals surface area contributed by atoms with Crippen LogP contribution >= 0.6 is 0 Å². The van der Waals surface area contributed by atoms with Crippen LogP contribution in [0.25, 0.3) is 11.5 Å². The van der Waals surface area contributed by atoms with E-state index in [2.05, 4.69) is 15.5 Å². The van der Waals surface area contributed by atoms with Gasteiger partial charge in [-0.05, 0) is 38.2 Å². The summed E-state index contributed by atoms with van der Waals surface area (Å²) in [6, 6.07) is 7.59. The number of rotatable bonds is 6. The van der Waals surface area contributed by atoms with E-state index in [-0.39, 0.29) is 0 Å². The van der Waals surface area contributed by atoms with E-state index in [1.54, 1.807) is 7.11 Å². The molecule has 0 aliphatic rings. The Labute approximate surface area is 106 Å². The third kappa shape index (κ3) is 3.07. The molecular formula is C13H17N3O2. The minimum absolute atomic E-state index is 0.536. The number of methoxy groups -OCH3 is 1. The summed E-state index contributed by atoms with van der Waals surface area (Å²) >= 11 is 0. The number of hydrogen-bond donors (Lipinski definition) is 1. The lowest BCUT2D eigenvalue weighted by Gasteiger charge is -2.00. The maximum absolute atomic E-state index is 5.61. The SMILES string of the molecule is CNCCCc1nnc(-c2cccc(OC)c2)o1. The number of ether oxygens (including phenoxy) is 1. The fourth-order valence-electron chi connectivity index (χ4n) is 1.64. The van der Waals surface area contributed by atoms with E-state index >= 15 is 0 Å².